The van der Waals surface area contributed by atoms with Crippen molar-refractivity contribution in [2.45, 2.75) is 13.5 Å². The van der Waals surface area contributed by atoms with Crippen LogP contribution in [-0.2, 0) is 25.6 Å². The van der Waals surface area contributed by atoms with Crippen LogP contribution >= 0.6 is 0 Å². The summed E-state index contributed by atoms with van der Waals surface area (Å²) in [6, 6.07) is 9.54. The maximum atomic E-state index is 13.4. The van der Waals surface area contributed by atoms with Crippen molar-refractivity contribution >= 4 is 34.8 Å². The predicted octanol–water partition coefficient (Wildman–Crippen LogP) is 3.42. The summed E-state index contributed by atoms with van der Waals surface area (Å²) in [5.74, 6) is -3.03. The molecule has 2 aromatic heterocycles. The molecule has 1 aliphatic heterocycles. The van der Waals surface area contributed by atoms with Crippen molar-refractivity contribution in [3.8, 4) is 0 Å². The average Bonchev–Trinajstić information content (AvgIpc) is 3.28. The van der Waals surface area contributed by atoms with Crippen LogP contribution in [-0.4, -0.2) is 34.2 Å². The van der Waals surface area contributed by atoms with E-state index in [1.54, 1.807) is 43.6 Å². The van der Waals surface area contributed by atoms with Crippen LogP contribution in [0, 0.1) is 11.7 Å². The molecule has 3 heterocycles. The Morgan fingerprint density at radius 2 is 2.23 bits per heavy atom. The van der Waals surface area contributed by atoms with Gasteiger partial charge in [0.15, 0.2) is 11.7 Å². The summed E-state index contributed by atoms with van der Waals surface area (Å²) in [5.41, 5.74) is 1.94. The number of H-pyrrole nitrogens is 1. The minimum Gasteiger partial charge on any atom is -0.465 e. The van der Waals surface area contributed by atoms with E-state index in [1.807, 2.05) is 6.07 Å². The number of carbonyl (C=O) groups is 2. The van der Waals surface area contributed by atoms with Gasteiger partial charge in [0.25, 0.3) is 0 Å². The maximum Gasteiger partial charge on any atom is 0.326 e. The molecule has 3 aromatic rings. The molecule has 1 fully saturated rings. The standard InChI is InChI=1S/C22H18FN3O4/c1-2-29-22(28)18-19(27)17(10-14-12-25-20-16(14)7-4-8-24-20)30-21(18)26-11-13-5-3-6-15(23)9-13/h3-10,12,18H,2,11H2,1H3,(H,24,25)/b17-10-,26-21?. The van der Waals surface area contributed by atoms with Gasteiger partial charge in [-0.2, -0.15) is 0 Å². The van der Waals surface area contributed by atoms with Crippen molar-refractivity contribution in [1.29, 1.82) is 0 Å². The van der Waals surface area contributed by atoms with E-state index in [4.69, 9.17) is 9.47 Å². The molecule has 152 valence electrons. The molecule has 0 saturated carbocycles. The molecule has 1 aliphatic rings. The monoisotopic (exact) mass is 407 g/mol. The first kappa shape index (κ1) is 19.5. The van der Waals surface area contributed by atoms with Gasteiger partial charge in [0.05, 0.1) is 13.2 Å². The van der Waals surface area contributed by atoms with Crippen molar-refractivity contribution in [3.05, 3.63) is 71.5 Å². The number of aromatic amines is 1. The summed E-state index contributed by atoms with van der Waals surface area (Å²) in [7, 11) is 0. The number of aromatic nitrogens is 2. The first-order chi connectivity index (χ1) is 14.6. The number of carbonyl (C=O) groups excluding carboxylic acids is 2. The summed E-state index contributed by atoms with van der Waals surface area (Å²) < 4.78 is 24.1. The van der Waals surface area contributed by atoms with E-state index in [0.717, 1.165) is 5.39 Å². The Morgan fingerprint density at radius 3 is 3.03 bits per heavy atom. The highest BCUT2D eigenvalue weighted by molar-refractivity contribution is 6.27. The summed E-state index contributed by atoms with van der Waals surface area (Å²) in [6.07, 6.45) is 4.89. The molecular weight excluding hydrogens is 389 g/mol. The van der Waals surface area contributed by atoms with Gasteiger partial charge in [0.1, 0.15) is 11.5 Å². The molecule has 1 aromatic carbocycles. The number of benzene rings is 1. The number of allylic oxidation sites excluding steroid dienone is 1. The number of nitrogens with zero attached hydrogens (tertiary/aromatic N) is 2. The number of halogens is 1. The van der Waals surface area contributed by atoms with Crippen LogP contribution in [0.25, 0.3) is 17.1 Å². The van der Waals surface area contributed by atoms with Crippen LogP contribution in [0.15, 0.2) is 59.5 Å². The zero-order valence-electron chi connectivity index (χ0n) is 16.1. The van der Waals surface area contributed by atoms with Gasteiger partial charge in [0.2, 0.25) is 11.7 Å². The van der Waals surface area contributed by atoms with E-state index < -0.39 is 23.5 Å². The second-order valence-electron chi connectivity index (χ2n) is 6.59. The lowest BCUT2D eigenvalue weighted by atomic mass is 10.0. The summed E-state index contributed by atoms with van der Waals surface area (Å²) >= 11 is 0. The van der Waals surface area contributed by atoms with Crippen LogP contribution < -0.4 is 0 Å². The number of pyridine rings is 1. The van der Waals surface area contributed by atoms with Crippen LogP contribution in [0.1, 0.15) is 18.1 Å². The number of Topliss-reactive ketones (excluding diaryl/α,β-unsaturated/α-hetero) is 1. The molecular formula is C22H18FN3O4. The van der Waals surface area contributed by atoms with E-state index in [1.165, 1.54) is 12.1 Å². The smallest absolute Gasteiger partial charge is 0.326 e. The number of hydrogen-bond donors (Lipinski definition) is 1. The lowest BCUT2D eigenvalue weighted by molar-refractivity contribution is -0.147. The Morgan fingerprint density at radius 1 is 1.37 bits per heavy atom. The molecule has 0 spiro atoms. The molecule has 1 N–H and O–H groups in total. The molecule has 0 bridgehead atoms. The van der Waals surface area contributed by atoms with Crippen molar-refractivity contribution in [1.82, 2.24) is 9.97 Å². The number of aliphatic imine (C=N–C) groups is 1. The lowest BCUT2D eigenvalue weighted by Crippen LogP contribution is -2.27. The summed E-state index contributed by atoms with van der Waals surface area (Å²) in [4.78, 5) is 36.8. The van der Waals surface area contributed by atoms with Gasteiger partial charge in [-0.25, -0.2) is 14.4 Å². The third kappa shape index (κ3) is 3.84. The average molecular weight is 407 g/mol. The van der Waals surface area contributed by atoms with Crippen LogP contribution in [0.5, 0.6) is 0 Å². The largest absolute Gasteiger partial charge is 0.465 e. The second-order valence-corrected chi connectivity index (χ2v) is 6.59. The predicted molar refractivity (Wildman–Crippen MR) is 108 cm³/mol. The third-order valence-electron chi connectivity index (χ3n) is 4.57. The highest BCUT2D eigenvalue weighted by Crippen LogP contribution is 2.28. The molecule has 0 amide bonds. The Balaban J connectivity index is 1.67. The van der Waals surface area contributed by atoms with Crippen molar-refractivity contribution in [2.24, 2.45) is 10.9 Å². The van der Waals surface area contributed by atoms with E-state index in [-0.39, 0.29) is 24.8 Å². The first-order valence-electron chi connectivity index (χ1n) is 9.38. The number of nitrogens with one attached hydrogen (secondary N) is 1. The molecule has 7 nitrogen and oxygen atoms in total. The Bertz CT molecular complexity index is 1180. The molecule has 0 radical (unpaired) electrons. The van der Waals surface area contributed by atoms with Crippen molar-refractivity contribution < 1.29 is 23.5 Å². The molecule has 8 heteroatoms. The fraction of sp³-hybridized carbons (Fsp3) is 0.182. The Kier molecular flexibility index (Phi) is 5.38. The molecule has 0 aliphatic carbocycles. The number of esters is 1. The van der Waals surface area contributed by atoms with E-state index in [0.29, 0.717) is 16.8 Å². The van der Waals surface area contributed by atoms with E-state index >= 15 is 0 Å². The number of hydrogen-bond acceptors (Lipinski definition) is 6. The van der Waals surface area contributed by atoms with Gasteiger partial charge in [-0.15, -0.1) is 0 Å². The summed E-state index contributed by atoms with van der Waals surface area (Å²) in [6.45, 7) is 1.82. The number of ether oxygens (including phenoxy) is 2. The van der Waals surface area contributed by atoms with Gasteiger partial charge in [0, 0.05) is 23.3 Å². The minimum atomic E-state index is -1.28. The minimum absolute atomic E-state index is 0.0178. The zero-order valence-corrected chi connectivity index (χ0v) is 16.1. The fourth-order valence-corrected chi connectivity index (χ4v) is 3.18. The molecule has 4 rings (SSSR count). The fourth-order valence-electron chi connectivity index (χ4n) is 3.18. The zero-order chi connectivity index (χ0) is 21.1. The highest BCUT2D eigenvalue weighted by atomic mass is 19.1. The van der Waals surface area contributed by atoms with Gasteiger partial charge in [-0.1, -0.05) is 12.1 Å². The number of fused-ring (bicyclic) bond motifs is 1. The van der Waals surface area contributed by atoms with Gasteiger partial charge >= 0.3 is 5.97 Å². The van der Waals surface area contributed by atoms with Crippen molar-refractivity contribution in [3.63, 3.8) is 0 Å². The maximum absolute atomic E-state index is 13.4. The van der Waals surface area contributed by atoms with Crippen LogP contribution in [0.2, 0.25) is 0 Å². The molecule has 1 saturated heterocycles. The SMILES string of the molecule is CCOC(=O)C1C(=O)/C(=C/c2c[nH]c3ncccc23)OC1=NCc1cccc(F)c1. The third-order valence-corrected chi connectivity index (χ3v) is 4.57. The molecule has 1 unspecified atom stereocenters. The van der Waals surface area contributed by atoms with E-state index in [2.05, 4.69) is 15.0 Å². The lowest BCUT2D eigenvalue weighted by Gasteiger charge is -2.06. The van der Waals surface area contributed by atoms with Gasteiger partial charge in [-0.05, 0) is 42.8 Å². The van der Waals surface area contributed by atoms with Crippen molar-refractivity contribution in [2.75, 3.05) is 6.61 Å². The highest BCUT2D eigenvalue weighted by Gasteiger charge is 2.44. The number of ketones is 1. The Labute approximate surface area is 171 Å². The first-order valence-corrected chi connectivity index (χ1v) is 9.38. The topological polar surface area (TPSA) is 93.6 Å². The second kappa shape index (κ2) is 8.28. The van der Waals surface area contributed by atoms with Crippen LogP contribution in [0.3, 0.4) is 0 Å². The van der Waals surface area contributed by atoms with Gasteiger partial charge in [-0.3, -0.25) is 9.59 Å². The molecule has 30 heavy (non-hydrogen) atoms. The Hall–Kier alpha value is -3.81. The normalized spacial score (nSPS) is 18.9. The number of rotatable bonds is 5. The summed E-state index contributed by atoms with van der Waals surface area (Å²) in [5, 5.41) is 0.805. The van der Waals surface area contributed by atoms with Gasteiger partial charge < -0.3 is 14.5 Å². The molecule has 1 atom stereocenters. The van der Waals surface area contributed by atoms with Crippen LogP contribution in [0.4, 0.5) is 4.39 Å². The van der Waals surface area contributed by atoms with E-state index in [9.17, 15) is 14.0 Å². The quantitative estimate of drug-likeness (QED) is 0.397.